The van der Waals surface area contributed by atoms with Crippen LogP contribution in [-0.4, -0.2) is 31.1 Å². The summed E-state index contributed by atoms with van der Waals surface area (Å²) in [6.07, 6.45) is 1.62. The minimum absolute atomic E-state index is 0.0725. The second-order valence-electron chi connectivity index (χ2n) is 4.69. The van der Waals surface area contributed by atoms with Gasteiger partial charge in [0.25, 0.3) is 0 Å². The fourth-order valence-electron chi connectivity index (χ4n) is 2.34. The molecule has 0 saturated carbocycles. The molecule has 0 N–H and O–H groups in total. The third kappa shape index (κ3) is 2.36. The summed E-state index contributed by atoms with van der Waals surface area (Å²) >= 11 is 0. The van der Waals surface area contributed by atoms with Crippen molar-refractivity contribution in [2.45, 2.75) is 11.7 Å². The monoisotopic (exact) mass is 310 g/mol. The summed E-state index contributed by atoms with van der Waals surface area (Å²) in [5, 5.41) is 0.0521. The van der Waals surface area contributed by atoms with Gasteiger partial charge in [-0.25, -0.2) is 8.42 Å². The number of amides is 1. The molecule has 2 aromatic rings. The lowest BCUT2D eigenvalue weighted by Crippen LogP contribution is -2.26. The first-order chi connectivity index (χ1) is 9.45. The number of hydrogen-bond donors (Lipinski definition) is 0. The third-order valence-electron chi connectivity index (χ3n) is 3.39. The Kier molecular flexibility index (Phi) is 3.14. The van der Waals surface area contributed by atoms with Crippen LogP contribution in [0.3, 0.4) is 0 Å². The maximum Gasteiger partial charge on any atom is 0.237 e. The zero-order valence-electron chi connectivity index (χ0n) is 10.4. The molecule has 1 unspecified atom stereocenters. The van der Waals surface area contributed by atoms with E-state index >= 15 is 0 Å². The van der Waals surface area contributed by atoms with Crippen LogP contribution in [0, 0.1) is 0 Å². The molecule has 104 valence electrons. The van der Waals surface area contributed by atoms with E-state index in [-0.39, 0.29) is 18.9 Å². The Labute approximate surface area is 120 Å². The summed E-state index contributed by atoms with van der Waals surface area (Å²) in [6.45, 7) is 0.0937. The number of carbonyl (C=O) groups excluding carboxylic acids is 1. The van der Waals surface area contributed by atoms with E-state index in [0.717, 1.165) is 10.9 Å². The number of pyridine rings is 1. The van der Waals surface area contributed by atoms with E-state index in [4.69, 9.17) is 10.7 Å². The molecule has 1 amide bonds. The van der Waals surface area contributed by atoms with E-state index in [2.05, 4.69) is 4.98 Å². The lowest BCUT2D eigenvalue weighted by molar-refractivity contribution is -0.117. The molecule has 0 spiro atoms. The molecule has 5 nitrogen and oxygen atoms in total. The lowest BCUT2D eigenvalue weighted by Gasteiger charge is -2.16. The summed E-state index contributed by atoms with van der Waals surface area (Å²) in [6, 6.07) is 9.09. The number of nitrogens with zero attached hydrogens (tertiary/aromatic N) is 2. The van der Waals surface area contributed by atoms with E-state index in [0.29, 0.717) is 5.69 Å². The fraction of sp³-hybridized carbons (Fsp3) is 0.231. The maximum absolute atomic E-state index is 12.0. The van der Waals surface area contributed by atoms with Crippen molar-refractivity contribution in [3.63, 3.8) is 0 Å². The predicted octanol–water partition coefficient (Wildman–Crippen LogP) is 1.91. The van der Waals surface area contributed by atoms with E-state index in [1.807, 2.05) is 18.2 Å². The van der Waals surface area contributed by atoms with Crippen LogP contribution >= 0.6 is 10.7 Å². The Hall–Kier alpha value is -1.66. The SMILES string of the molecule is O=C1CC(S(=O)(=O)Cl)CN1c1ccc2ncccc2c1. The number of benzene rings is 1. The van der Waals surface area contributed by atoms with Crippen molar-refractivity contribution < 1.29 is 13.2 Å². The molecule has 20 heavy (non-hydrogen) atoms. The van der Waals surface area contributed by atoms with Crippen molar-refractivity contribution in [3.05, 3.63) is 36.5 Å². The molecule has 3 rings (SSSR count). The summed E-state index contributed by atoms with van der Waals surface area (Å²) < 4.78 is 22.7. The molecule has 0 aliphatic carbocycles. The van der Waals surface area contributed by atoms with E-state index < -0.39 is 14.3 Å². The molecule has 0 bridgehead atoms. The Bertz CT molecular complexity index is 791. The summed E-state index contributed by atoms with van der Waals surface area (Å²) in [4.78, 5) is 17.6. The quantitative estimate of drug-likeness (QED) is 0.795. The normalized spacial score (nSPS) is 19.8. The second kappa shape index (κ2) is 4.71. The average molecular weight is 311 g/mol. The van der Waals surface area contributed by atoms with Gasteiger partial charge < -0.3 is 4.90 Å². The predicted molar refractivity (Wildman–Crippen MR) is 77.3 cm³/mol. The van der Waals surface area contributed by atoms with Gasteiger partial charge in [-0.15, -0.1) is 0 Å². The van der Waals surface area contributed by atoms with Gasteiger partial charge in [-0.2, -0.15) is 0 Å². The fourth-order valence-corrected chi connectivity index (χ4v) is 3.37. The summed E-state index contributed by atoms with van der Waals surface area (Å²) in [5.41, 5.74) is 1.49. The van der Waals surface area contributed by atoms with Crippen molar-refractivity contribution in [1.29, 1.82) is 0 Å². The lowest BCUT2D eigenvalue weighted by atomic mass is 10.2. The first kappa shape index (κ1) is 13.3. The number of rotatable bonds is 2. The highest BCUT2D eigenvalue weighted by atomic mass is 35.7. The van der Waals surface area contributed by atoms with Crippen LogP contribution in [0.2, 0.25) is 0 Å². The standard InChI is InChI=1S/C13H11ClN2O3S/c14-20(18,19)11-7-13(17)16(8-11)10-3-4-12-9(6-10)2-1-5-15-12/h1-6,11H,7-8H2. The minimum Gasteiger partial charge on any atom is -0.311 e. The highest BCUT2D eigenvalue weighted by Gasteiger charge is 2.37. The van der Waals surface area contributed by atoms with Gasteiger partial charge in [0.2, 0.25) is 15.0 Å². The van der Waals surface area contributed by atoms with Crippen molar-refractivity contribution in [3.8, 4) is 0 Å². The molecule has 1 aliphatic rings. The maximum atomic E-state index is 12.0. The largest absolute Gasteiger partial charge is 0.311 e. The molecular weight excluding hydrogens is 300 g/mol. The second-order valence-corrected chi connectivity index (χ2v) is 7.59. The van der Waals surface area contributed by atoms with Crippen LogP contribution in [0.1, 0.15) is 6.42 Å². The molecule has 1 atom stereocenters. The zero-order chi connectivity index (χ0) is 14.3. The van der Waals surface area contributed by atoms with Crippen molar-refractivity contribution >= 4 is 42.2 Å². The Morgan fingerprint density at radius 1 is 1.30 bits per heavy atom. The molecular formula is C13H11ClN2O3S. The molecule has 1 saturated heterocycles. The average Bonchev–Trinajstić information content (AvgIpc) is 2.80. The van der Waals surface area contributed by atoms with Crippen LogP contribution in [0.5, 0.6) is 0 Å². The molecule has 0 radical (unpaired) electrons. The van der Waals surface area contributed by atoms with Gasteiger partial charge in [0.05, 0.1) is 5.52 Å². The van der Waals surface area contributed by atoms with Gasteiger partial charge in [-0.05, 0) is 24.3 Å². The number of fused-ring (bicyclic) bond motifs is 1. The number of aromatic nitrogens is 1. The molecule has 1 aliphatic heterocycles. The Morgan fingerprint density at radius 3 is 2.80 bits per heavy atom. The number of carbonyl (C=O) groups is 1. The molecule has 1 aromatic carbocycles. The molecule has 2 heterocycles. The first-order valence-electron chi connectivity index (χ1n) is 6.04. The highest BCUT2D eigenvalue weighted by Crippen LogP contribution is 2.28. The topological polar surface area (TPSA) is 67.3 Å². The van der Waals surface area contributed by atoms with Crippen LogP contribution in [-0.2, 0) is 13.8 Å². The number of halogens is 1. The first-order valence-corrected chi connectivity index (χ1v) is 8.41. The Morgan fingerprint density at radius 2 is 2.10 bits per heavy atom. The zero-order valence-corrected chi connectivity index (χ0v) is 11.9. The number of hydrogen-bond acceptors (Lipinski definition) is 4. The smallest absolute Gasteiger partial charge is 0.237 e. The van der Waals surface area contributed by atoms with Gasteiger partial charge in [0.15, 0.2) is 0 Å². The van der Waals surface area contributed by atoms with Crippen molar-refractivity contribution in [1.82, 2.24) is 4.98 Å². The van der Waals surface area contributed by atoms with Crippen LogP contribution < -0.4 is 4.90 Å². The van der Waals surface area contributed by atoms with E-state index in [9.17, 15) is 13.2 Å². The Balaban J connectivity index is 1.97. The van der Waals surface area contributed by atoms with Crippen LogP contribution in [0.15, 0.2) is 36.5 Å². The molecule has 7 heteroatoms. The summed E-state index contributed by atoms with van der Waals surface area (Å²) in [5.74, 6) is -0.234. The van der Waals surface area contributed by atoms with Gasteiger partial charge in [0, 0.05) is 40.9 Å². The minimum atomic E-state index is -3.72. The number of anilines is 1. The van der Waals surface area contributed by atoms with Crippen LogP contribution in [0.25, 0.3) is 10.9 Å². The van der Waals surface area contributed by atoms with Gasteiger partial charge in [-0.1, -0.05) is 6.07 Å². The highest BCUT2D eigenvalue weighted by molar-refractivity contribution is 8.14. The van der Waals surface area contributed by atoms with Crippen molar-refractivity contribution in [2.75, 3.05) is 11.4 Å². The van der Waals surface area contributed by atoms with E-state index in [1.54, 1.807) is 18.3 Å². The third-order valence-corrected chi connectivity index (χ3v) is 5.25. The van der Waals surface area contributed by atoms with Crippen molar-refractivity contribution in [2.24, 2.45) is 0 Å². The van der Waals surface area contributed by atoms with Gasteiger partial charge in [0.1, 0.15) is 5.25 Å². The molecule has 1 aromatic heterocycles. The van der Waals surface area contributed by atoms with E-state index in [1.165, 1.54) is 4.90 Å². The van der Waals surface area contributed by atoms with Crippen LogP contribution in [0.4, 0.5) is 5.69 Å². The van der Waals surface area contributed by atoms with Gasteiger partial charge in [-0.3, -0.25) is 9.78 Å². The van der Waals surface area contributed by atoms with Gasteiger partial charge >= 0.3 is 0 Å². The molecule has 1 fully saturated rings. The summed E-state index contributed by atoms with van der Waals surface area (Å²) in [7, 11) is 1.61.